The molecule has 0 fully saturated rings. The Morgan fingerprint density at radius 2 is 2.32 bits per heavy atom. The monoisotopic (exact) mass is 259 g/mol. The third kappa shape index (κ3) is 1.96. The second-order valence-corrected chi connectivity index (χ2v) is 4.26. The Morgan fingerprint density at radius 3 is 3.05 bits per heavy atom. The number of anilines is 1. The Morgan fingerprint density at radius 1 is 1.47 bits per heavy atom. The zero-order valence-electron chi connectivity index (χ0n) is 10.6. The number of aryl methyl sites for hydroxylation is 1. The molecular weight excluding hydrogens is 246 g/mol. The Balaban J connectivity index is 1.82. The number of nitrogens with one attached hydrogen (secondary N) is 2. The van der Waals surface area contributed by atoms with Crippen LogP contribution in [0, 0.1) is 6.92 Å². The van der Waals surface area contributed by atoms with Crippen LogP contribution in [0.3, 0.4) is 0 Å². The highest BCUT2D eigenvalue weighted by atomic mass is 16.1. The van der Waals surface area contributed by atoms with Crippen molar-refractivity contribution in [3.8, 4) is 0 Å². The summed E-state index contributed by atoms with van der Waals surface area (Å²) in [6, 6.07) is 1.71. The predicted octanol–water partition coefficient (Wildman–Crippen LogP) is 0.0716. The molecule has 3 aromatic heterocycles. The Hall–Kier alpha value is -2.64. The molecule has 2 N–H and O–H groups in total. The van der Waals surface area contributed by atoms with Crippen LogP contribution < -0.4 is 11.0 Å². The van der Waals surface area contributed by atoms with E-state index in [1.54, 1.807) is 6.07 Å². The summed E-state index contributed by atoms with van der Waals surface area (Å²) in [4.78, 5) is 15.4. The molecule has 3 aromatic rings. The van der Waals surface area contributed by atoms with E-state index in [1.807, 2.05) is 24.9 Å². The number of nitrogens with zero attached hydrogens (tertiary/aromatic N) is 5. The predicted molar refractivity (Wildman–Crippen MR) is 68.9 cm³/mol. The average Bonchev–Trinajstić information content (AvgIpc) is 2.93. The van der Waals surface area contributed by atoms with E-state index in [1.165, 1.54) is 10.7 Å². The highest BCUT2D eigenvalue weighted by molar-refractivity contribution is 5.48. The molecule has 0 aliphatic carbocycles. The van der Waals surface area contributed by atoms with E-state index < -0.39 is 0 Å². The molecule has 0 aliphatic rings. The number of hydrogen-bond donors (Lipinski definition) is 2. The van der Waals surface area contributed by atoms with Crippen LogP contribution in [0.25, 0.3) is 5.65 Å². The summed E-state index contributed by atoms with van der Waals surface area (Å²) in [5, 5.41) is 13.6. The summed E-state index contributed by atoms with van der Waals surface area (Å²) in [7, 11) is 1.90. The van der Waals surface area contributed by atoms with Crippen LogP contribution in [-0.2, 0) is 13.6 Å². The molecule has 8 heteroatoms. The van der Waals surface area contributed by atoms with E-state index in [0.29, 0.717) is 18.0 Å². The third-order valence-corrected chi connectivity index (χ3v) is 3.11. The largest absolute Gasteiger partial charge is 0.366 e. The fraction of sp³-hybridized carbons (Fsp3) is 0.273. The van der Waals surface area contributed by atoms with Crippen molar-refractivity contribution >= 4 is 11.5 Å². The van der Waals surface area contributed by atoms with E-state index in [2.05, 4.69) is 25.6 Å². The minimum atomic E-state index is -0.294. The van der Waals surface area contributed by atoms with E-state index in [0.717, 1.165) is 11.3 Å². The lowest BCUT2D eigenvalue weighted by Gasteiger charge is -2.05. The van der Waals surface area contributed by atoms with E-state index in [4.69, 9.17) is 0 Å². The molecule has 0 amide bonds. The summed E-state index contributed by atoms with van der Waals surface area (Å²) in [6.45, 7) is 2.63. The second-order valence-electron chi connectivity index (χ2n) is 4.26. The topological polar surface area (TPSA) is 92.9 Å². The number of aromatic nitrogens is 6. The number of fused-ring (bicyclic) bond motifs is 1. The van der Waals surface area contributed by atoms with Gasteiger partial charge in [0.05, 0.1) is 6.20 Å². The molecule has 0 aliphatic heterocycles. The first-order chi connectivity index (χ1) is 9.15. The number of hydrogen-bond acceptors (Lipinski definition) is 5. The second kappa shape index (κ2) is 4.23. The molecule has 3 heterocycles. The van der Waals surface area contributed by atoms with Gasteiger partial charge in [-0.25, -0.2) is 19.3 Å². The molecule has 0 saturated heterocycles. The van der Waals surface area contributed by atoms with Gasteiger partial charge in [-0.05, 0) is 6.92 Å². The van der Waals surface area contributed by atoms with E-state index in [9.17, 15) is 4.79 Å². The molecule has 0 saturated carbocycles. The highest BCUT2D eigenvalue weighted by Crippen LogP contribution is 2.10. The summed E-state index contributed by atoms with van der Waals surface area (Å²) < 4.78 is 3.17. The lowest BCUT2D eigenvalue weighted by molar-refractivity contribution is 0.738. The van der Waals surface area contributed by atoms with Gasteiger partial charge in [-0.15, -0.1) is 0 Å². The molecule has 0 bridgehead atoms. The van der Waals surface area contributed by atoms with Gasteiger partial charge in [0.2, 0.25) is 0 Å². The van der Waals surface area contributed by atoms with Crippen molar-refractivity contribution in [2.45, 2.75) is 13.5 Å². The molecule has 0 atom stereocenters. The zero-order chi connectivity index (χ0) is 13.4. The Bertz CT molecular complexity index is 782. The standard InChI is InChI=1S/C11H13N7O/c1-7-8(5-14-17(7)2)4-12-9-3-10-15-16-11(19)18(10)6-13-9/h3,5-6,12H,4H2,1-2H3,(H,16,19). The molecular formula is C11H13N7O. The maximum Gasteiger partial charge on any atom is 0.348 e. The van der Waals surface area contributed by atoms with E-state index >= 15 is 0 Å². The lowest BCUT2D eigenvalue weighted by atomic mass is 10.2. The average molecular weight is 259 g/mol. The normalized spacial score (nSPS) is 11.1. The SMILES string of the molecule is Cc1c(CNc2cc3n[nH]c(=O)n3cn2)cnn1C. The smallest absolute Gasteiger partial charge is 0.348 e. The van der Waals surface area contributed by atoms with Gasteiger partial charge in [-0.1, -0.05) is 0 Å². The summed E-state index contributed by atoms with van der Waals surface area (Å²) in [5.74, 6) is 0.662. The number of aromatic amines is 1. The van der Waals surface area contributed by atoms with Crippen LogP contribution in [0.2, 0.25) is 0 Å². The summed E-state index contributed by atoms with van der Waals surface area (Å²) in [5.41, 5.74) is 2.44. The molecule has 0 spiro atoms. The van der Waals surface area contributed by atoms with Crippen LogP contribution in [-0.4, -0.2) is 29.4 Å². The van der Waals surface area contributed by atoms with Crippen LogP contribution >= 0.6 is 0 Å². The van der Waals surface area contributed by atoms with E-state index in [-0.39, 0.29) is 5.69 Å². The van der Waals surface area contributed by atoms with Crippen LogP contribution in [0.1, 0.15) is 11.3 Å². The van der Waals surface area contributed by atoms with Crippen molar-refractivity contribution in [2.24, 2.45) is 7.05 Å². The van der Waals surface area contributed by atoms with Crippen LogP contribution in [0.4, 0.5) is 5.82 Å². The summed E-state index contributed by atoms with van der Waals surface area (Å²) in [6.07, 6.45) is 3.26. The van der Waals surface area contributed by atoms with Crippen molar-refractivity contribution < 1.29 is 0 Å². The van der Waals surface area contributed by atoms with Gasteiger partial charge in [0.25, 0.3) is 0 Å². The minimum Gasteiger partial charge on any atom is -0.366 e. The van der Waals surface area contributed by atoms with Crippen LogP contribution in [0.5, 0.6) is 0 Å². The zero-order valence-corrected chi connectivity index (χ0v) is 10.6. The summed E-state index contributed by atoms with van der Waals surface area (Å²) >= 11 is 0. The highest BCUT2D eigenvalue weighted by Gasteiger charge is 2.05. The van der Waals surface area contributed by atoms with Gasteiger partial charge in [0.15, 0.2) is 5.65 Å². The van der Waals surface area contributed by atoms with Crippen molar-refractivity contribution in [2.75, 3.05) is 5.32 Å². The van der Waals surface area contributed by atoms with Gasteiger partial charge < -0.3 is 5.32 Å². The molecule has 3 rings (SSSR count). The van der Waals surface area contributed by atoms with Gasteiger partial charge >= 0.3 is 5.69 Å². The first-order valence-electron chi connectivity index (χ1n) is 5.79. The first kappa shape index (κ1) is 11.5. The Kier molecular flexibility index (Phi) is 2.55. The van der Waals surface area contributed by atoms with Gasteiger partial charge in [0, 0.05) is 30.9 Å². The molecule has 19 heavy (non-hydrogen) atoms. The number of H-pyrrole nitrogens is 1. The van der Waals surface area contributed by atoms with Crippen molar-refractivity contribution in [1.29, 1.82) is 0 Å². The fourth-order valence-electron chi connectivity index (χ4n) is 1.81. The Labute approximate surface area is 108 Å². The number of rotatable bonds is 3. The fourth-order valence-corrected chi connectivity index (χ4v) is 1.81. The lowest BCUT2D eigenvalue weighted by Crippen LogP contribution is -2.10. The quantitative estimate of drug-likeness (QED) is 0.694. The van der Waals surface area contributed by atoms with Gasteiger partial charge in [0.1, 0.15) is 12.1 Å². The first-order valence-corrected chi connectivity index (χ1v) is 5.79. The maximum absolute atomic E-state index is 11.3. The third-order valence-electron chi connectivity index (χ3n) is 3.11. The van der Waals surface area contributed by atoms with Crippen molar-refractivity contribution in [3.05, 3.63) is 40.3 Å². The maximum atomic E-state index is 11.3. The molecule has 0 radical (unpaired) electrons. The molecule has 0 unspecified atom stereocenters. The van der Waals surface area contributed by atoms with Gasteiger partial charge in [-0.3, -0.25) is 4.68 Å². The molecule has 0 aromatic carbocycles. The molecule has 8 nitrogen and oxygen atoms in total. The van der Waals surface area contributed by atoms with Crippen molar-refractivity contribution in [3.63, 3.8) is 0 Å². The van der Waals surface area contributed by atoms with Gasteiger partial charge in [-0.2, -0.15) is 10.2 Å². The van der Waals surface area contributed by atoms with Crippen molar-refractivity contribution in [1.82, 2.24) is 29.4 Å². The van der Waals surface area contributed by atoms with Crippen LogP contribution in [0.15, 0.2) is 23.4 Å². The minimum absolute atomic E-state index is 0.294. The molecule has 98 valence electrons.